The van der Waals surface area contributed by atoms with Crippen molar-refractivity contribution in [3.05, 3.63) is 0 Å². The lowest BCUT2D eigenvalue weighted by atomic mass is 10.8. The number of halogens is 4. The maximum atomic E-state index is 11.8. The molecule has 0 bridgehead atoms. The molecule has 0 saturated carbocycles. The van der Waals surface area contributed by atoms with Crippen LogP contribution in [0.25, 0.3) is 0 Å². The Morgan fingerprint density at radius 3 is 0.850 bits per heavy atom. The van der Waals surface area contributed by atoms with E-state index in [0.717, 1.165) is 27.7 Å². The van der Waals surface area contributed by atoms with Crippen molar-refractivity contribution in [3.63, 3.8) is 0 Å². The maximum Gasteiger partial charge on any atom is 0.513 e. The van der Waals surface area contributed by atoms with Gasteiger partial charge in [-0.05, 0) is 0 Å². The van der Waals surface area contributed by atoms with Crippen LogP contribution in [0.3, 0.4) is 0 Å². The summed E-state index contributed by atoms with van der Waals surface area (Å²) < 4.78 is 62.2. The molecule has 0 N–H and O–H groups in total. The van der Waals surface area contributed by atoms with Crippen LogP contribution in [-0.4, -0.2) is 37.7 Å². The summed E-state index contributed by atoms with van der Waals surface area (Å²) in [5.41, 5.74) is 0. The molecule has 20 heavy (non-hydrogen) atoms. The lowest BCUT2D eigenvalue weighted by Gasteiger charge is -2.05. The van der Waals surface area contributed by atoms with Crippen LogP contribution < -0.4 is 0 Å². The van der Waals surface area contributed by atoms with E-state index in [4.69, 9.17) is 0 Å². The van der Waals surface area contributed by atoms with Gasteiger partial charge in [0.05, 0.1) is 0 Å². The lowest BCUT2D eigenvalue weighted by Crippen LogP contribution is -2.15. The average molecular weight is 308 g/mol. The van der Waals surface area contributed by atoms with Crippen LogP contribution in [0.15, 0.2) is 0 Å². The number of rotatable bonds is 4. The summed E-state index contributed by atoms with van der Waals surface area (Å²) in [6, 6.07) is 0. The van der Waals surface area contributed by atoms with Crippen LogP contribution in [-0.2, 0) is 18.9 Å². The number of hydrogen-bond acceptors (Lipinski definition) is 6. The third kappa shape index (κ3) is 18.6. The van der Waals surface area contributed by atoms with Gasteiger partial charge >= 0.3 is 12.3 Å². The summed E-state index contributed by atoms with van der Waals surface area (Å²) >= 11 is 0. The quantitative estimate of drug-likeness (QED) is 0.584. The predicted octanol–water partition coefficient (Wildman–Crippen LogP) is 3.54. The van der Waals surface area contributed by atoms with Gasteiger partial charge in [0.25, 0.3) is 0 Å². The van der Waals surface area contributed by atoms with Gasteiger partial charge in [-0.3, -0.25) is 0 Å². The van der Waals surface area contributed by atoms with Crippen molar-refractivity contribution in [1.82, 2.24) is 0 Å². The Kier molecular flexibility index (Phi) is 11.4. The molecular weight excluding hydrogens is 292 g/mol. The Morgan fingerprint density at radius 2 is 0.750 bits per heavy atom. The molecule has 0 spiro atoms. The Morgan fingerprint density at radius 1 is 0.600 bits per heavy atom. The Balaban J connectivity index is 0. The van der Waals surface area contributed by atoms with Crippen molar-refractivity contribution in [3.8, 4) is 0 Å². The number of carbonyl (C=O) groups is 2. The van der Waals surface area contributed by atoms with Gasteiger partial charge in [0.15, 0.2) is 0 Å². The van der Waals surface area contributed by atoms with Gasteiger partial charge in [0.2, 0.25) is 25.4 Å². The molecule has 0 aliphatic rings. The van der Waals surface area contributed by atoms with E-state index < -0.39 is 37.7 Å². The third-order valence-corrected chi connectivity index (χ3v) is 1.03. The molecule has 0 aromatic carbocycles. The van der Waals surface area contributed by atoms with E-state index in [1.807, 2.05) is 0 Å². The number of ether oxygens (including phenoxy) is 4. The minimum atomic E-state index is -1.77. The molecule has 0 fully saturated rings. The minimum Gasteiger partial charge on any atom is -0.400 e. The predicted molar refractivity (Wildman–Crippen MR) is 57.4 cm³/mol. The molecule has 0 unspecified atom stereocenters. The average Bonchev–Trinajstić information content (AvgIpc) is 2.11. The minimum absolute atomic E-state index is 0.990. The third-order valence-electron chi connectivity index (χ3n) is 1.03. The first-order valence-electron chi connectivity index (χ1n) is 5.35. The van der Waals surface area contributed by atoms with Gasteiger partial charge in [-0.1, -0.05) is 0 Å². The van der Waals surface area contributed by atoms with Crippen LogP contribution in [0.2, 0.25) is 0 Å². The van der Waals surface area contributed by atoms with Crippen LogP contribution in [0.1, 0.15) is 27.7 Å². The zero-order chi connectivity index (χ0) is 16.3. The molecule has 6 nitrogen and oxygen atoms in total. The van der Waals surface area contributed by atoms with E-state index in [2.05, 4.69) is 18.9 Å². The van der Waals surface area contributed by atoms with Gasteiger partial charge in [0, 0.05) is 27.7 Å². The maximum absolute atomic E-state index is 11.8. The van der Waals surface area contributed by atoms with Crippen LogP contribution in [0.4, 0.5) is 27.2 Å². The van der Waals surface area contributed by atoms with Gasteiger partial charge in [0.1, 0.15) is 0 Å². The molecule has 0 saturated heterocycles. The first-order valence-corrected chi connectivity index (χ1v) is 5.35. The molecule has 0 aromatic rings. The highest BCUT2D eigenvalue weighted by Crippen LogP contribution is 1.99. The number of alkyl halides is 4. The monoisotopic (exact) mass is 308 g/mol. The van der Waals surface area contributed by atoms with Crippen molar-refractivity contribution in [2.24, 2.45) is 0 Å². The molecule has 0 amide bonds. The molecule has 0 rings (SSSR count). The summed E-state index contributed by atoms with van der Waals surface area (Å²) in [4.78, 5) is 20.3. The first-order chi connectivity index (χ1) is 9.04. The highest BCUT2D eigenvalue weighted by atomic mass is 19.2. The van der Waals surface area contributed by atoms with Crippen LogP contribution in [0, 0.1) is 0 Å². The van der Waals surface area contributed by atoms with Crippen LogP contribution in [0.5, 0.6) is 0 Å². The largest absolute Gasteiger partial charge is 0.513 e. The van der Waals surface area contributed by atoms with Gasteiger partial charge in [-0.25, -0.2) is 27.2 Å². The highest BCUT2D eigenvalue weighted by Gasteiger charge is 2.12. The molecule has 4 atom stereocenters. The summed E-state index contributed by atoms with van der Waals surface area (Å²) in [6.45, 7) is 3.96. The van der Waals surface area contributed by atoms with Gasteiger partial charge < -0.3 is 18.9 Å². The van der Waals surface area contributed by atoms with Crippen molar-refractivity contribution in [2.45, 2.75) is 53.1 Å². The second-order valence-corrected chi connectivity index (χ2v) is 3.14. The Hall–Kier alpha value is -1.74. The molecule has 0 heterocycles. The summed E-state index contributed by atoms with van der Waals surface area (Å²) in [7, 11) is 0. The SMILES string of the molecule is C[C@@H](F)OC(=O)O[C@@H](C)F.C[C@H](F)OC(=O)O[C@@H](C)F. The lowest BCUT2D eigenvalue weighted by molar-refractivity contribution is -0.0630. The van der Waals surface area contributed by atoms with Crippen LogP contribution >= 0.6 is 0 Å². The topological polar surface area (TPSA) is 71.1 Å². The van der Waals surface area contributed by atoms with E-state index in [9.17, 15) is 27.2 Å². The first kappa shape index (κ1) is 20.6. The smallest absolute Gasteiger partial charge is 0.400 e. The van der Waals surface area contributed by atoms with E-state index in [0.29, 0.717) is 0 Å². The fourth-order valence-electron chi connectivity index (χ4n) is 0.586. The molecule has 120 valence electrons. The fraction of sp³-hybridized carbons (Fsp3) is 0.800. The van der Waals surface area contributed by atoms with E-state index in [-0.39, 0.29) is 0 Å². The molecular formula is C10H16F4O6. The van der Waals surface area contributed by atoms with Crippen molar-refractivity contribution in [2.75, 3.05) is 0 Å². The molecule has 0 aliphatic carbocycles. The van der Waals surface area contributed by atoms with E-state index in [1.54, 1.807) is 0 Å². The Bertz CT molecular complexity index is 231. The zero-order valence-electron chi connectivity index (χ0n) is 11.3. The highest BCUT2D eigenvalue weighted by molar-refractivity contribution is 5.60. The number of hydrogen-bond donors (Lipinski definition) is 0. The van der Waals surface area contributed by atoms with Gasteiger partial charge in [-0.15, -0.1) is 0 Å². The van der Waals surface area contributed by atoms with Crippen molar-refractivity contribution < 1.29 is 46.1 Å². The molecule has 10 heteroatoms. The summed E-state index contributed by atoms with van der Waals surface area (Å²) in [5, 5.41) is 0. The van der Waals surface area contributed by atoms with Gasteiger partial charge in [-0.2, -0.15) is 0 Å². The Labute approximate surface area is 112 Å². The van der Waals surface area contributed by atoms with Crippen molar-refractivity contribution >= 4 is 12.3 Å². The second kappa shape index (κ2) is 11.1. The van der Waals surface area contributed by atoms with E-state index in [1.165, 1.54) is 0 Å². The zero-order valence-corrected chi connectivity index (χ0v) is 11.3. The second-order valence-electron chi connectivity index (χ2n) is 3.14. The van der Waals surface area contributed by atoms with Crippen molar-refractivity contribution in [1.29, 1.82) is 0 Å². The molecule has 0 aromatic heterocycles. The summed E-state index contributed by atoms with van der Waals surface area (Å²) in [6.07, 6.45) is -9.77. The van der Waals surface area contributed by atoms with E-state index >= 15 is 0 Å². The number of carbonyl (C=O) groups excluding carboxylic acids is 2. The summed E-state index contributed by atoms with van der Waals surface area (Å²) in [5.74, 6) is 0. The molecule has 0 aliphatic heterocycles. The normalized spacial score (nSPS) is 15.6. The standard InChI is InChI=1S/2C5H8F2O3/c2*1-3(6)9-5(8)10-4(2)7/h2*3-4H,1-2H3/t3-,4+;3-,4-/m.0/s1. The fourth-order valence-corrected chi connectivity index (χ4v) is 0.586. The molecule has 0 radical (unpaired) electrons.